The highest BCUT2D eigenvalue weighted by atomic mass is 32.1. The number of aliphatic hydroxyl groups is 1. The molecule has 0 aliphatic carbocycles. The lowest BCUT2D eigenvalue weighted by Gasteiger charge is -2.25. The van der Waals surface area contributed by atoms with E-state index in [1.54, 1.807) is 6.20 Å². The third-order valence-electron chi connectivity index (χ3n) is 5.40. The molecule has 8 N–H and O–H groups in total. The lowest BCUT2D eigenvalue weighted by atomic mass is 10.0. The predicted molar refractivity (Wildman–Crippen MR) is 134 cm³/mol. The number of aromatic amines is 1. The van der Waals surface area contributed by atoms with Crippen LogP contribution < -0.4 is 21.7 Å². The second-order valence-corrected chi connectivity index (χ2v) is 9.05. The number of fused-ring (bicyclic) bond motifs is 1. The molecule has 3 amide bonds. The fourth-order valence-electron chi connectivity index (χ4n) is 3.54. The molecule has 4 unspecified atom stereocenters. The summed E-state index contributed by atoms with van der Waals surface area (Å²) in [6.07, 6.45) is 2.24. The van der Waals surface area contributed by atoms with E-state index in [1.807, 2.05) is 38.1 Å². The number of nitrogens with one attached hydrogen (secondary N) is 4. The van der Waals surface area contributed by atoms with Crippen LogP contribution in [0.25, 0.3) is 10.9 Å². The normalized spacial score (nSPS) is 14.7. The summed E-state index contributed by atoms with van der Waals surface area (Å²) in [5.74, 6) is -3.45. The van der Waals surface area contributed by atoms with Crippen LogP contribution in [-0.4, -0.2) is 75.4 Å². The second-order valence-electron chi connectivity index (χ2n) is 8.69. The third kappa shape index (κ3) is 7.98. The number of carboxylic acids is 1. The minimum atomic E-state index is -1.50. The number of hydrogen-bond acceptors (Lipinski definition) is 7. The molecule has 0 aliphatic heterocycles. The molecule has 2 rings (SSSR count). The Morgan fingerprint density at radius 3 is 2.20 bits per heavy atom. The monoisotopic (exact) mass is 507 g/mol. The fourth-order valence-corrected chi connectivity index (χ4v) is 3.79. The van der Waals surface area contributed by atoms with Crippen molar-refractivity contribution in [2.75, 3.05) is 12.4 Å². The standard InChI is InChI=1S/C23H33N5O6S/c1-12(2)7-17(21(31)27-18(10-29)23(33)34)26-22(32)19(11-35)28-20(30)15(24)8-13-9-25-16-6-4-3-5-14(13)16/h3-6,9,12,15,17-19,25,29,35H,7-8,10-11,24H2,1-2H3,(H,26,32)(H,27,31)(H,28,30)(H,33,34). The Balaban J connectivity index is 2.03. The van der Waals surface area contributed by atoms with Crippen molar-refractivity contribution in [1.29, 1.82) is 0 Å². The van der Waals surface area contributed by atoms with Gasteiger partial charge in [0.25, 0.3) is 0 Å². The quantitative estimate of drug-likeness (QED) is 0.169. The smallest absolute Gasteiger partial charge is 0.328 e. The van der Waals surface area contributed by atoms with Gasteiger partial charge in [0, 0.05) is 22.9 Å². The molecule has 0 radical (unpaired) electrons. The Hall–Kier alpha value is -3.09. The van der Waals surface area contributed by atoms with Crippen LogP contribution >= 0.6 is 12.6 Å². The first-order valence-electron chi connectivity index (χ1n) is 11.2. The van der Waals surface area contributed by atoms with E-state index in [0.717, 1.165) is 16.5 Å². The van der Waals surface area contributed by atoms with E-state index in [9.17, 15) is 19.2 Å². The zero-order valence-electron chi connectivity index (χ0n) is 19.7. The molecular weight excluding hydrogens is 474 g/mol. The third-order valence-corrected chi connectivity index (χ3v) is 5.77. The Labute approximate surface area is 208 Å². The molecule has 1 heterocycles. The summed E-state index contributed by atoms with van der Waals surface area (Å²) in [6.45, 7) is 2.86. The van der Waals surface area contributed by atoms with Crippen molar-refractivity contribution < 1.29 is 29.4 Å². The molecule has 0 bridgehead atoms. The van der Waals surface area contributed by atoms with Crippen LogP contribution in [0.2, 0.25) is 0 Å². The summed E-state index contributed by atoms with van der Waals surface area (Å²) >= 11 is 4.14. The number of H-pyrrole nitrogens is 1. The summed E-state index contributed by atoms with van der Waals surface area (Å²) < 4.78 is 0. The van der Waals surface area contributed by atoms with Crippen LogP contribution in [-0.2, 0) is 25.6 Å². The van der Waals surface area contributed by atoms with E-state index in [4.69, 9.17) is 15.9 Å². The summed E-state index contributed by atoms with van der Waals surface area (Å²) in [6, 6.07) is 3.03. The van der Waals surface area contributed by atoms with Gasteiger partial charge in [-0.3, -0.25) is 14.4 Å². The van der Waals surface area contributed by atoms with Gasteiger partial charge in [-0.05, 0) is 30.4 Å². The van der Waals surface area contributed by atoms with E-state index in [2.05, 4.69) is 33.6 Å². The van der Waals surface area contributed by atoms with Crippen molar-refractivity contribution in [1.82, 2.24) is 20.9 Å². The molecule has 12 heteroatoms. The number of hydrogen-bond donors (Lipinski definition) is 8. The number of aromatic nitrogens is 1. The lowest BCUT2D eigenvalue weighted by molar-refractivity contribution is -0.143. The molecule has 4 atom stereocenters. The molecule has 0 saturated heterocycles. The lowest BCUT2D eigenvalue weighted by Crippen LogP contribution is -2.58. The average Bonchev–Trinajstić information content (AvgIpc) is 3.22. The molecule has 0 saturated carbocycles. The van der Waals surface area contributed by atoms with Gasteiger partial charge in [-0.1, -0.05) is 32.0 Å². The maximum absolute atomic E-state index is 12.8. The summed E-state index contributed by atoms with van der Waals surface area (Å²) in [7, 11) is 0. The number of aliphatic hydroxyl groups excluding tert-OH is 1. The highest BCUT2D eigenvalue weighted by molar-refractivity contribution is 7.80. The van der Waals surface area contributed by atoms with Gasteiger partial charge in [0.1, 0.15) is 18.1 Å². The second kappa shape index (κ2) is 13.1. The molecule has 1 aromatic carbocycles. The van der Waals surface area contributed by atoms with E-state index >= 15 is 0 Å². The number of carbonyl (C=O) groups excluding carboxylic acids is 3. The Morgan fingerprint density at radius 1 is 1.00 bits per heavy atom. The van der Waals surface area contributed by atoms with Crippen LogP contribution in [0.1, 0.15) is 25.8 Å². The Kier molecular flexibility index (Phi) is 10.6. The van der Waals surface area contributed by atoms with Crippen LogP contribution in [0, 0.1) is 5.92 Å². The zero-order chi connectivity index (χ0) is 26.1. The number of rotatable bonds is 13. The van der Waals surface area contributed by atoms with Crippen LogP contribution in [0.4, 0.5) is 0 Å². The number of nitrogens with two attached hydrogens (primary N) is 1. The van der Waals surface area contributed by atoms with E-state index < -0.39 is 54.5 Å². The van der Waals surface area contributed by atoms with Gasteiger partial charge in [0.2, 0.25) is 17.7 Å². The largest absolute Gasteiger partial charge is 0.480 e. The van der Waals surface area contributed by atoms with Crippen molar-refractivity contribution in [2.45, 2.75) is 50.9 Å². The maximum atomic E-state index is 12.8. The number of carbonyl (C=O) groups is 4. The van der Waals surface area contributed by atoms with E-state index in [-0.39, 0.29) is 24.5 Å². The molecule has 192 valence electrons. The summed E-state index contributed by atoms with van der Waals surface area (Å²) in [5.41, 5.74) is 7.87. The first-order valence-corrected chi connectivity index (χ1v) is 11.9. The first-order chi connectivity index (χ1) is 16.6. The summed E-state index contributed by atoms with van der Waals surface area (Å²) in [5, 5.41) is 26.5. The Morgan fingerprint density at radius 2 is 1.60 bits per heavy atom. The van der Waals surface area contributed by atoms with Crippen molar-refractivity contribution in [3.8, 4) is 0 Å². The van der Waals surface area contributed by atoms with Crippen molar-refractivity contribution in [3.05, 3.63) is 36.0 Å². The number of aliphatic carboxylic acids is 1. The molecule has 2 aromatic rings. The minimum absolute atomic E-state index is 0.0166. The number of carboxylic acid groups (broad SMARTS) is 1. The SMILES string of the molecule is CC(C)CC(NC(=O)C(CS)NC(=O)C(N)Cc1c[nH]c2ccccc12)C(=O)NC(CO)C(=O)O. The minimum Gasteiger partial charge on any atom is -0.480 e. The van der Waals surface area contributed by atoms with Gasteiger partial charge >= 0.3 is 5.97 Å². The van der Waals surface area contributed by atoms with Gasteiger partial charge < -0.3 is 36.9 Å². The number of para-hydroxylation sites is 1. The van der Waals surface area contributed by atoms with E-state index in [0.29, 0.717) is 0 Å². The van der Waals surface area contributed by atoms with Gasteiger partial charge in [0.15, 0.2) is 0 Å². The predicted octanol–water partition coefficient (Wildman–Crippen LogP) is -0.455. The molecule has 0 spiro atoms. The number of benzene rings is 1. The first kappa shape index (κ1) is 28.1. The molecule has 1 aromatic heterocycles. The van der Waals surface area contributed by atoms with Crippen LogP contribution in [0.15, 0.2) is 30.5 Å². The number of thiol groups is 1. The average molecular weight is 508 g/mol. The van der Waals surface area contributed by atoms with Gasteiger partial charge in [0.05, 0.1) is 12.6 Å². The van der Waals surface area contributed by atoms with Crippen LogP contribution in [0.5, 0.6) is 0 Å². The fraction of sp³-hybridized carbons (Fsp3) is 0.478. The number of amides is 3. The highest BCUT2D eigenvalue weighted by Gasteiger charge is 2.30. The van der Waals surface area contributed by atoms with Gasteiger partial charge in [-0.2, -0.15) is 12.6 Å². The molecule has 35 heavy (non-hydrogen) atoms. The molecule has 11 nitrogen and oxygen atoms in total. The maximum Gasteiger partial charge on any atom is 0.328 e. The van der Waals surface area contributed by atoms with Crippen LogP contribution in [0.3, 0.4) is 0 Å². The molecule has 0 aliphatic rings. The van der Waals surface area contributed by atoms with Gasteiger partial charge in [-0.15, -0.1) is 0 Å². The topological polar surface area (TPSA) is 187 Å². The molecular formula is C23H33N5O6S. The summed E-state index contributed by atoms with van der Waals surface area (Å²) in [4.78, 5) is 52.4. The van der Waals surface area contributed by atoms with E-state index in [1.165, 1.54) is 0 Å². The highest BCUT2D eigenvalue weighted by Crippen LogP contribution is 2.18. The zero-order valence-corrected chi connectivity index (χ0v) is 20.5. The Bertz CT molecular complexity index is 1040. The van der Waals surface area contributed by atoms with Crippen molar-refractivity contribution in [2.24, 2.45) is 11.7 Å². The molecule has 0 fully saturated rings. The van der Waals surface area contributed by atoms with Crippen molar-refractivity contribution in [3.63, 3.8) is 0 Å². The van der Waals surface area contributed by atoms with Gasteiger partial charge in [-0.25, -0.2) is 4.79 Å². The van der Waals surface area contributed by atoms with Crippen molar-refractivity contribution >= 4 is 47.2 Å².